The van der Waals surface area contributed by atoms with E-state index in [0.717, 1.165) is 0 Å². The summed E-state index contributed by atoms with van der Waals surface area (Å²) in [5.41, 5.74) is 12.3. The maximum absolute atomic E-state index is 13.3. The molecular weight excluding hydrogens is 496 g/mol. The number of hydrogen-bond acceptors (Lipinski definition) is 7. The second-order valence-corrected chi connectivity index (χ2v) is 8.57. The Balaban J connectivity index is 1.88. The molecule has 2 amide bonds. The predicted molar refractivity (Wildman–Crippen MR) is 142 cm³/mol. The highest BCUT2D eigenvalue weighted by Gasteiger charge is 2.23. The fourth-order valence-corrected chi connectivity index (χ4v) is 3.42. The third-order valence-corrected chi connectivity index (χ3v) is 5.25. The van der Waals surface area contributed by atoms with Crippen LogP contribution in [-0.4, -0.2) is 35.3 Å². The average molecular weight is 525 g/mol. The summed E-state index contributed by atoms with van der Waals surface area (Å²) in [6.07, 6.45) is 1.23. The van der Waals surface area contributed by atoms with Crippen molar-refractivity contribution in [2.24, 2.45) is 5.73 Å². The number of pyridine rings is 1. The number of amidine groups is 1. The summed E-state index contributed by atoms with van der Waals surface area (Å²) in [5, 5.41) is 11.0. The lowest BCUT2D eigenvalue weighted by atomic mass is 10.0. The van der Waals surface area contributed by atoms with Crippen LogP contribution in [0.15, 0.2) is 60.8 Å². The molecule has 11 heteroatoms. The van der Waals surface area contributed by atoms with Crippen LogP contribution in [0.5, 0.6) is 11.5 Å². The van der Waals surface area contributed by atoms with Crippen LogP contribution in [-0.2, 0) is 4.79 Å². The van der Waals surface area contributed by atoms with Gasteiger partial charge in [-0.2, -0.15) is 0 Å². The molecule has 0 bridgehead atoms. The lowest BCUT2D eigenvalue weighted by molar-refractivity contribution is -0.122. The van der Waals surface area contributed by atoms with Gasteiger partial charge in [0, 0.05) is 17.4 Å². The van der Waals surface area contributed by atoms with Crippen LogP contribution in [0.2, 0.25) is 5.15 Å². The highest BCUT2D eigenvalue weighted by atomic mass is 35.5. The van der Waals surface area contributed by atoms with E-state index in [2.05, 4.69) is 21.2 Å². The summed E-state index contributed by atoms with van der Waals surface area (Å²) < 4.78 is 11.6. The van der Waals surface area contributed by atoms with Gasteiger partial charge in [0.05, 0.1) is 18.3 Å². The number of anilines is 1. The Hall–Kier alpha value is -4.31. The molecule has 0 fully saturated rings. The molecule has 0 aliphatic carbocycles. The molecule has 6 N–H and O–H groups in total. The van der Waals surface area contributed by atoms with E-state index in [-0.39, 0.29) is 22.7 Å². The summed E-state index contributed by atoms with van der Waals surface area (Å²) in [4.78, 5) is 29.6. The van der Waals surface area contributed by atoms with E-state index in [0.29, 0.717) is 34.9 Å². The number of hydrogen-bond donors (Lipinski definition) is 5. The van der Waals surface area contributed by atoms with Gasteiger partial charge in [0.2, 0.25) is 0 Å². The number of nitrogens with zero attached hydrogens (tertiary/aromatic N) is 1. The topological polar surface area (TPSA) is 151 Å². The molecular formula is C26H29ClN6O4. The van der Waals surface area contributed by atoms with Crippen LogP contribution >= 0.6 is 11.6 Å². The van der Waals surface area contributed by atoms with Crippen LogP contribution in [0.4, 0.5) is 5.69 Å². The van der Waals surface area contributed by atoms with Crippen molar-refractivity contribution in [3.05, 3.63) is 82.6 Å². The zero-order valence-electron chi connectivity index (χ0n) is 20.7. The second-order valence-electron chi connectivity index (χ2n) is 8.19. The van der Waals surface area contributed by atoms with Crippen molar-refractivity contribution >= 4 is 34.9 Å². The zero-order valence-corrected chi connectivity index (χ0v) is 21.4. The SMILES string of the molecule is CCOc1cc(C(Nc2ccc(C(=N)N)cc2)C(=O)NNC(=O)c2ccc(Cl)nc2)ccc1OC(C)C. The van der Waals surface area contributed by atoms with Gasteiger partial charge in [0.25, 0.3) is 11.8 Å². The van der Waals surface area contributed by atoms with Gasteiger partial charge in [-0.15, -0.1) is 0 Å². The Bertz CT molecular complexity index is 1250. The van der Waals surface area contributed by atoms with Gasteiger partial charge < -0.3 is 20.5 Å². The molecule has 37 heavy (non-hydrogen) atoms. The van der Waals surface area contributed by atoms with E-state index >= 15 is 0 Å². The van der Waals surface area contributed by atoms with Gasteiger partial charge in [-0.3, -0.25) is 25.8 Å². The minimum atomic E-state index is -0.931. The van der Waals surface area contributed by atoms with E-state index in [1.807, 2.05) is 20.8 Å². The van der Waals surface area contributed by atoms with Gasteiger partial charge in [0.1, 0.15) is 17.0 Å². The first-order valence-corrected chi connectivity index (χ1v) is 11.9. The van der Waals surface area contributed by atoms with Gasteiger partial charge in [-0.25, -0.2) is 4.98 Å². The first kappa shape index (κ1) is 27.3. The molecule has 1 atom stereocenters. The first-order chi connectivity index (χ1) is 17.7. The number of halogens is 1. The third kappa shape index (κ3) is 7.58. The first-order valence-electron chi connectivity index (χ1n) is 11.5. The summed E-state index contributed by atoms with van der Waals surface area (Å²) in [5.74, 6) is -0.128. The number of carbonyl (C=O) groups excluding carboxylic acids is 2. The monoisotopic (exact) mass is 524 g/mol. The number of hydrazine groups is 1. The molecule has 0 saturated heterocycles. The van der Waals surface area contributed by atoms with E-state index in [1.165, 1.54) is 18.3 Å². The van der Waals surface area contributed by atoms with Gasteiger partial charge in [0.15, 0.2) is 11.5 Å². The van der Waals surface area contributed by atoms with Crippen molar-refractivity contribution in [2.75, 3.05) is 11.9 Å². The average Bonchev–Trinajstić information content (AvgIpc) is 2.87. The lowest BCUT2D eigenvalue weighted by Gasteiger charge is -2.22. The van der Waals surface area contributed by atoms with E-state index in [9.17, 15) is 9.59 Å². The third-order valence-electron chi connectivity index (χ3n) is 5.02. The fourth-order valence-electron chi connectivity index (χ4n) is 3.31. The number of rotatable bonds is 10. The Morgan fingerprint density at radius 2 is 1.73 bits per heavy atom. The molecule has 0 radical (unpaired) electrons. The molecule has 0 aliphatic heterocycles. The minimum absolute atomic E-state index is 0.0673. The van der Waals surface area contributed by atoms with Crippen molar-refractivity contribution < 1.29 is 19.1 Å². The number of ether oxygens (including phenoxy) is 2. The van der Waals surface area contributed by atoms with Crippen LogP contribution < -0.4 is 31.4 Å². The number of nitrogens with one attached hydrogen (secondary N) is 4. The number of nitrogens with two attached hydrogens (primary N) is 1. The lowest BCUT2D eigenvalue weighted by Crippen LogP contribution is -2.45. The summed E-state index contributed by atoms with van der Waals surface area (Å²) in [6, 6.07) is 14.0. The number of aromatic nitrogens is 1. The molecule has 1 aromatic heterocycles. The predicted octanol–water partition coefficient (Wildman–Crippen LogP) is 3.82. The molecule has 3 aromatic rings. The van der Waals surface area contributed by atoms with Crippen LogP contribution in [0.3, 0.4) is 0 Å². The normalized spacial score (nSPS) is 11.4. The van der Waals surface area contributed by atoms with Crippen molar-refractivity contribution in [1.82, 2.24) is 15.8 Å². The molecule has 0 spiro atoms. The Morgan fingerprint density at radius 3 is 2.32 bits per heavy atom. The van der Waals surface area contributed by atoms with Gasteiger partial charge >= 0.3 is 0 Å². The van der Waals surface area contributed by atoms with Gasteiger partial charge in [-0.1, -0.05) is 17.7 Å². The van der Waals surface area contributed by atoms with E-state index < -0.39 is 17.9 Å². The summed E-state index contributed by atoms with van der Waals surface area (Å²) in [7, 11) is 0. The highest BCUT2D eigenvalue weighted by Crippen LogP contribution is 2.32. The molecule has 0 aliphatic rings. The molecule has 1 unspecified atom stereocenters. The molecule has 3 rings (SSSR count). The van der Waals surface area contributed by atoms with Crippen molar-refractivity contribution in [1.29, 1.82) is 5.41 Å². The standard InChI is InChI=1S/C26H29ClN6O4/c1-4-36-21-13-17(7-11-20(21)37-15(2)3)23(31-19-9-5-16(6-10-19)24(28)29)26(35)33-32-25(34)18-8-12-22(27)30-14-18/h5-15,23,31H,4H2,1-3H3,(H3,28,29)(H,32,34)(H,33,35). The Kier molecular flexibility index (Phi) is 9.28. The Labute approximate surface area is 220 Å². The van der Waals surface area contributed by atoms with Crippen LogP contribution in [0.1, 0.15) is 48.3 Å². The van der Waals surface area contributed by atoms with E-state index in [4.69, 9.17) is 32.2 Å². The fraction of sp³-hybridized carbons (Fsp3) is 0.231. The highest BCUT2D eigenvalue weighted by molar-refractivity contribution is 6.29. The molecule has 0 saturated carbocycles. The van der Waals surface area contributed by atoms with Crippen molar-refractivity contribution in [3.8, 4) is 11.5 Å². The number of nitrogen functional groups attached to an aromatic ring is 1. The molecule has 1 heterocycles. The number of amides is 2. The molecule has 194 valence electrons. The summed E-state index contributed by atoms with van der Waals surface area (Å²) >= 11 is 5.77. The van der Waals surface area contributed by atoms with Crippen molar-refractivity contribution in [2.45, 2.75) is 32.9 Å². The molecule has 2 aromatic carbocycles. The van der Waals surface area contributed by atoms with Crippen LogP contribution in [0.25, 0.3) is 0 Å². The quantitative estimate of drug-likeness (QED) is 0.117. The zero-order chi connectivity index (χ0) is 26.9. The van der Waals surface area contributed by atoms with Gasteiger partial charge in [-0.05, 0) is 74.9 Å². The molecule has 10 nitrogen and oxygen atoms in total. The maximum atomic E-state index is 13.3. The maximum Gasteiger partial charge on any atom is 0.271 e. The largest absolute Gasteiger partial charge is 0.490 e. The minimum Gasteiger partial charge on any atom is -0.490 e. The van der Waals surface area contributed by atoms with Crippen molar-refractivity contribution in [3.63, 3.8) is 0 Å². The van der Waals surface area contributed by atoms with E-state index in [1.54, 1.807) is 42.5 Å². The van der Waals surface area contributed by atoms with Crippen LogP contribution in [0, 0.1) is 5.41 Å². The number of carbonyl (C=O) groups is 2. The second kappa shape index (κ2) is 12.6. The number of benzene rings is 2. The Morgan fingerprint density at radius 1 is 1.03 bits per heavy atom. The smallest absolute Gasteiger partial charge is 0.271 e. The summed E-state index contributed by atoms with van der Waals surface area (Å²) in [6.45, 7) is 6.07.